The number of aromatic nitrogens is 3. The Labute approximate surface area is 184 Å². The van der Waals surface area contributed by atoms with Crippen LogP contribution in [0.2, 0.25) is 0 Å². The van der Waals surface area contributed by atoms with Crippen LogP contribution in [0, 0.1) is 5.82 Å². The first-order chi connectivity index (χ1) is 15.3. The van der Waals surface area contributed by atoms with Crippen molar-refractivity contribution in [3.63, 3.8) is 0 Å². The predicted octanol–water partition coefficient (Wildman–Crippen LogP) is 2.18. The zero-order chi connectivity index (χ0) is 23.4. The van der Waals surface area contributed by atoms with Crippen LogP contribution in [-0.2, 0) is 23.3 Å². The second-order valence-electron chi connectivity index (χ2n) is 6.40. The summed E-state index contributed by atoms with van der Waals surface area (Å²) in [6.07, 6.45) is 1.49. The number of halogens is 2. The molecule has 0 bridgehead atoms. The van der Waals surface area contributed by atoms with E-state index in [9.17, 15) is 23.2 Å². The molecular formula is C20H18F2N4O5S. The standard InChI is InChI=1S/C20H18F2N4O5S/c1-25-11(9-21)6-17(27)26(20(25)29)14-8-16(13(23)7-12(14)22)31-15-4-3-5-24-19(15)32-10-18(28)30-2/h3-8H,9-10,23H2,1-2H3. The molecule has 2 heterocycles. The van der Waals surface area contributed by atoms with E-state index in [1.807, 2.05) is 0 Å². The van der Waals surface area contributed by atoms with Crippen LogP contribution in [0.4, 0.5) is 14.5 Å². The zero-order valence-electron chi connectivity index (χ0n) is 17.0. The minimum atomic E-state index is -1.03. The first-order valence-electron chi connectivity index (χ1n) is 9.06. The molecule has 0 saturated carbocycles. The molecular weight excluding hydrogens is 446 g/mol. The van der Waals surface area contributed by atoms with Gasteiger partial charge in [0.25, 0.3) is 5.56 Å². The van der Waals surface area contributed by atoms with Gasteiger partial charge in [-0.15, -0.1) is 0 Å². The lowest BCUT2D eigenvalue weighted by atomic mass is 10.2. The van der Waals surface area contributed by atoms with Crippen molar-refractivity contribution in [2.24, 2.45) is 7.05 Å². The van der Waals surface area contributed by atoms with E-state index < -0.39 is 35.4 Å². The van der Waals surface area contributed by atoms with Crippen molar-refractivity contribution in [1.82, 2.24) is 14.1 Å². The molecule has 9 nitrogen and oxygen atoms in total. The highest BCUT2D eigenvalue weighted by atomic mass is 32.2. The largest absolute Gasteiger partial charge is 0.468 e. The number of ether oxygens (including phenoxy) is 2. The second-order valence-corrected chi connectivity index (χ2v) is 7.36. The predicted molar refractivity (Wildman–Crippen MR) is 114 cm³/mol. The fourth-order valence-corrected chi connectivity index (χ4v) is 3.47. The third-order valence-electron chi connectivity index (χ3n) is 4.39. The van der Waals surface area contributed by atoms with Crippen LogP contribution in [0.1, 0.15) is 5.69 Å². The van der Waals surface area contributed by atoms with Crippen LogP contribution in [0.5, 0.6) is 11.5 Å². The molecule has 0 radical (unpaired) electrons. The Morgan fingerprint density at radius 1 is 1.25 bits per heavy atom. The Morgan fingerprint density at radius 3 is 2.69 bits per heavy atom. The molecule has 12 heteroatoms. The van der Waals surface area contributed by atoms with Gasteiger partial charge in [-0.2, -0.15) is 0 Å². The quantitative estimate of drug-likeness (QED) is 0.321. The van der Waals surface area contributed by atoms with Gasteiger partial charge in [0.15, 0.2) is 11.5 Å². The van der Waals surface area contributed by atoms with Gasteiger partial charge in [0.2, 0.25) is 0 Å². The number of benzene rings is 1. The van der Waals surface area contributed by atoms with E-state index in [2.05, 4.69) is 9.72 Å². The monoisotopic (exact) mass is 464 g/mol. The van der Waals surface area contributed by atoms with Gasteiger partial charge in [-0.25, -0.2) is 23.1 Å². The smallest absolute Gasteiger partial charge is 0.335 e. The number of thioether (sulfide) groups is 1. The molecule has 0 aliphatic carbocycles. The summed E-state index contributed by atoms with van der Waals surface area (Å²) in [5, 5.41) is 0.337. The number of methoxy groups -OCH3 is 1. The van der Waals surface area contributed by atoms with Crippen LogP contribution < -0.4 is 21.7 Å². The average molecular weight is 464 g/mol. The fraction of sp³-hybridized carbons (Fsp3) is 0.200. The third kappa shape index (κ3) is 4.64. The molecule has 2 N–H and O–H groups in total. The van der Waals surface area contributed by atoms with E-state index in [1.165, 1.54) is 20.4 Å². The van der Waals surface area contributed by atoms with Crippen LogP contribution >= 0.6 is 11.8 Å². The van der Waals surface area contributed by atoms with Crippen molar-refractivity contribution in [2.45, 2.75) is 11.7 Å². The number of hydrogen-bond acceptors (Lipinski definition) is 8. The van der Waals surface area contributed by atoms with E-state index in [1.54, 1.807) is 12.1 Å². The lowest BCUT2D eigenvalue weighted by molar-refractivity contribution is -0.137. The number of rotatable bonds is 7. The summed E-state index contributed by atoms with van der Waals surface area (Å²) in [7, 11) is 2.52. The number of nitrogens with two attached hydrogens (primary N) is 1. The highest BCUT2D eigenvalue weighted by Crippen LogP contribution is 2.35. The number of nitrogen functional groups attached to an aromatic ring is 1. The maximum atomic E-state index is 14.7. The molecule has 0 unspecified atom stereocenters. The number of esters is 1. The van der Waals surface area contributed by atoms with Crippen LogP contribution in [0.25, 0.3) is 5.69 Å². The highest BCUT2D eigenvalue weighted by molar-refractivity contribution is 8.00. The highest BCUT2D eigenvalue weighted by Gasteiger charge is 2.18. The first kappa shape index (κ1) is 23.0. The normalized spacial score (nSPS) is 10.8. The number of nitrogens with zero attached hydrogens (tertiary/aromatic N) is 3. The number of carbonyl (C=O) groups excluding carboxylic acids is 1. The average Bonchev–Trinajstić information content (AvgIpc) is 2.78. The van der Waals surface area contributed by atoms with Crippen molar-refractivity contribution in [3.8, 4) is 17.2 Å². The summed E-state index contributed by atoms with van der Waals surface area (Å²) in [5.74, 6) is -1.30. The van der Waals surface area contributed by atoms with E-state index in [4.69, 9.17) is 10.5 Å². The minimum absolute atomic E-state index is 0.0274. The summed E-state index contributed by atoms with van der Waals surface area (Å²) in [4.78, 5) is 40.5. The van der Waals surface area contributed by atoms with Gasteiger partial charge in [0.1, 0.15) is 17.5 Å². The molecule has 0 fully saturated rings. The van der Waals surface area contributed by atoms with Crippen molar-refractivity contribution in [1.29, 1.82) is 0 Å². The molecule has 2 aromatic heterocycles. The van der Waals surface area contributed by atoms with Crippen LogP contribution in [0.3, 0.4) is 0 Å². The molecule has 1 aromatic carbocycles. The van der Waals surface area contributed by atoms with E-state index in [-0.39, 0.29) is 28.6 Å². The SMILES string of the molecule is COC(=O)CSc1ncccc1Oc1cc(-n2c(=O)cc(CF)n(C)c2=O)c(F)cc1N. The summed E-state index contributed by atoms with van der Waals surface area (Å²) >= 11 is 1.05. The molecule has 3 rings (SSSR count). The Bertz CT molecular complexity index is 1290. The van der Waals surface area contributed by atoms with E-state index >= 15 is 0 Å². The van der Waals surface area contributed by atoms with Gasteiger partial charge in [0, 0.05) is 31.4 Å². The van der Waals surface area contributed by atoms with Crippen LogP contribution in [-0.4, -0.2) is 33.0 Å². The number of anilines is 1. The van der Waals surface area contributed by atoms with Gasteiger partial charge >= 0.3 is 11.7 Å². The molecule has 0 saturated heterocycles. The van der Waals surface area contributed by atoms with Gasteiger partial charge in [-0.05, 0) is 12.1 Å². The maximum absolute atomic E-state index is 14.7. The molecule has 0 aliphatic rings. The zero-order valence-corrected chi connectivity index (χ0v) is 17.8. The lowest BCUT2D eigenvalue weighted by Gasteiger charge is -2.15. The van der Waals surface area contributed by atoms with Gasteiger partial charge in [-0.3, -0.25) is 14.2 Å². The van der Waals surface area contributed by atoms with Gasteiger partial charge in [0.05, 0.1) is 29.9 Å². The maximum Gasteiger partial charge on any atom is 0.335 e. The number of pyridine rings is 1. The van der Waals surface area contributed by atoms with Gasteiger partial charge < -0.3 is 15.2 Å². The van der Waals surface area contributed by atoms with Gasteiger partial charge in [-0.1, -0.05) is 11.8 Å². The lowest BCUT2D eigenvalue weighted by Crippen LogP contribution is -2.39. The van der Waals surface area contributed by atoms with E-state index in [0.717, 1.165) is 34.5 Å². The first-order valence-corrected chi connectivity index (χ1v) is 10.0. The number of alkyl halides is 1. The summed E-state index contributed by atoms with van der Waals surface area (Å²) in [6.45, 7) is -1.03. The minimum Gasteiger partial charge on any atom is -0.468 e. The summed E-state index contributed by atoms with van der Waals surface area (Å²) in [6, 6.07) is 6.02. The number of hydrogen-bond donors (Lipinski definition) is 1. The Kier molecular flexibility index (Phi) is 6.93. The molecule has 0 amide bonds. The molecule has 0 spiro atoms. The van der Waals surface area contributed by atoms with Crippen molar-refractivity contribution in [3.05, 3.63) is 68.9 Å². The topological polar surface area (TPSA) is 118 Å². The summed E-state index contributed by atoms with van der Waals surface area (Å²) < 4.78 is 39.5. The van der Waals surface area contributed by atoms with Crippen molar-refractivity contribution >= 4 is 23.4 Å². The third-order valence-corrected chi connectivity index (χ3v) is 5.35. The molecule has 0 atom stereocenters. The van der Waals surface area contributed by atoms with Crippen molar-refractivity contribution < 1.29 is 23.0 Å². The summed E-state index contributed by atoms with van der Waals surface area (Å²) in [5.41, 5.74) is 3.36. The van der Waals surface area contributed by atoms with E-state index in [0.29, 0.717) is 9.59 Å². The Hall–Kier alpha value is -3.67. The Balaban J connectivity index is 2.06. The second kappa shape index (κ2) is 9.64. The molecule has 3 aromatic rings. The molecule has 168 valence electrons. The molecule has 32 heavy (non-hydrogen) atoms. The fourth-order valence-electron chi connectivity index (χ4n) is 2.71. The van der Waals surface area contributed by atoms with Crippen molar-refractivity contribution in [2.75, 3.05) is 18.6 Å². The number of carbonyl (C=O) groups is 1. The molecule has 0 aliphatic heterocycles. The Morgan fingerprint density at radius 2 is 2.00 bits per heavy atom. The van der Waals surface area contributed by atoms with Crippen LogP contribution in [0.15, 0.2) is 51.1 Å².